The standard InChI is InChI=1S/C20H22F2N2O4S2/c1-11-9-15(24-18(27)20(2,3)4)30-16(11)17(26)28-10-14(25)23-12-5-7-13(8-6-12)29-19(21)22/h5-9,19H,10H2,1-4H3,(H,23,25)(H,24,27). The van der Waals surface area contributed by atoms with Crippen molar-refractivity contribution >= 4 is 51.6 Å². The van der Waals surface area contributed by atoms with E-state index in [4.69, 9.17) is 4.74 Å². The smallest absolute Gasteiger partial charge is 0.349 e. The number of ether oxygens (including phenoxy) is 1. The summed E-state index contributed by atoms with van der Waals surface area (Å²) in [6.07, 6.45) is 0. The second-order valence-electron chi connectivity index (χ2n) is 7.35. The van der Waals surface area contributed by atoms with Gasteiger partial charge in [0.15, 0.2) is 6.61 Å². The highest BCUT2D eigenvalue weighted by atomic mass is 32.2. The Bertz CT molecular complexity index is 922. The summed E-state index contributed by atoms with van der Waals surface area (Å²) in [5, 5.41) is 5.80. The Kier molecular flexibility index (Phi) is 7.96. The second kappa shape index (κ2) is 10.0. The number of carbonyl (C=O) groups excluding carboxylic acids is 3. The maximum Gasteiger partial charge on any atom is 0.349 e. The zero-order chi connectivity index (χ0) is 22.5. The van der Waals surface area contributed by atoms with Crippen LogP contribution >= 0.6 is 23.1 Å². The van der Waals surface area contributed by atoms with Crippen LogP contribution in [0.1, 0.15) is 36.0 Å². The molecule has 0 atom stereocenters. The van der Waals surface area contributed by atoms with Crippen molar-refractivity contribution in [3.05, 3.63) is 40.8 Å². The molecule has 0 spiro atoms. The minimum absolute atomic E-state index is 0.180. The van der Waals surface area contributed by atoms with Crippen LogP contribution in [0.3, 0.4) is 0 Å². The molecule has 162 valence electrons. The quantitative estimate of drug-likeness (QED) is 0.445. The fourth-order valence-corrected chi connectivity index (χ4v) is 3.62. The molecule has 1 aromatic carbocycles. The van der Waals surface area contributed by atoms with Gasteiger partial charge in [0, 0.05) is 16.0 Å². The van der Waals surface area contributed by atoms with Crippen LogP contribution in [-0.2, 0) is 14.3 Å². The molecule has 2 aromatic rings. The molecule has 6 nitrogen and oxygen atoms in total. The number of aryl methyl sites for hydroxylation is 1. The van der Waals surface area contributed by atoms with Crippen LogP contribution < -0.4 is 10.6 Å². The van der Waals surface area contributed by atoms with Gasteiger partial charge in [-0.05, 0) is 42.8 Å². The molecule has 0 aliphatic heterocycles. The van der Waals surface area contributed by atoms with E-state index in [-0.39, 0.29) is 5.91 Å². The molecule has 30 heavy (non-hydrogen) atoms. The van der Waals surface area contributed by atoms with Crippen LogP contribution in [0.2, 0.25) is 0 Å². The molecule has 0 aliphatic carbocycles. The van der Waals surface area contributed by atoms with Crippen LogP contribution in [-0.4, -0.2) is 30.1 Å². The minimum atomic E-state index is -2.52. The van der Waals surface area contributed by atoms with Gasteiger partial charge < -0.3 is 15.4 Å². The van der Waals surface area contributed by atoms with Crippen molar-refractivity contribution in [2.45, 2.75) is 38.3 Å². The average molecular weight is 457 g/mol. The molecule has 2 rings (SSSR count). The zero-order valence-corrected chi connectivity index (χ0v) is 18.5. The summed E-state index contributed by atoms with van der Waals surface area (Å²) < 4.78 is 29.7. The van der Waals surface area contributed by atoms with E-state index in [1.165, 1.54) is 24.3 Å². The highest BCUT2D eigenvalue weighted by Crippen LogP contribution is 2.29. The number of nitrogens with one attached hydrogen (secondary N) is 2. The first-order chi connectivity index (χ1) is 14.0. The van der Waals surface area contributed by atoms with E-state index >= 15 is 0 Å². The Hall–Kier alpha value is -2.46. The molecule has 0 aliphatic rings. The topological polar surface area (TPSA) is 84.5 Å². The summed E-state index contributed by atoms with van der Waals surface area (Å²) in [6.45, 7) is 6.54. The van der Waals surface area contributed by atoms with Gasteiger partial charge in [-0.25, -0.2) is 4.79 Å². The summed E-state index contributed by atoms with van der Waals surface area (Å²) >= 11 is 1.48. The van der Waals surface area contributed by atoms with E-state index in [1.807, 2.05) is 0 Å². The third kappa shape index (κ3) is 7.10. The summed E-state index contributed by atoms with van der Waals surface area (Å²) in [6, 6.07) is 7.56. The first-order valence-electron chi connectivity index (χ1n) is 8.89. The predicted molar refractivity (Wildman–Crippen MR) is 114 cm³/mol. The number of hydrogen-bond acceptors (Lipinski definition) is 6. The maximum atomic E-state index is 12.3. The number of hydrogen-bond donors (Lipinski definition) is 2. The Balaban J connectivity index is 1.89. The molecule has 1 aromatic heterocycles. The van der Waals surface area contributed by atoms with Gasteiger partial charge in [-0.2, -0.15) is 8.78 Å². The molecule has 1 heterocycles. The van der Waals surface area contributed by atoms with Gasteiger partial charge in [-0.15, -0.1) is 11.3 Å². The largest absolute Gasteiger partial charge is 0.451 e. The number of halogens is 2. The Morgan fingerprint density at radius 2 is 1.77 bits per heavy atom. The van der Waals surface area contributed by atoms with Gasteiger partial charge in [-0.1, -0.05) is 32.5 Å². The summed E-state index contributed by atoms with van der Waals surface area (Å²) in [7, 11) is 0. The lowest BCUT2D eigenvalue weighted by Crippen LogP contribution is -2.27. The lowest BCUT2D eigenvalue weighted by Gasteiger charge is -2.16. The minimum Gasteiger partial charge on any atom is -0.451 e. The normalized spacial score (nSPS) is 11.3. The number of thiophene rings is 1. The Morgan fingerprint density at radius 1 is 1.13 bits per heavy atom. The van der Waals surface area contributed by atoms with E-state index in [0.29, 0.717) is 37.8 Å². The van der Waals surface area contributed by atoms with Gasteiger partial charge in [0.05, 0.1) is 5.00 Å². The number of thioether (sulfide) groups is 1. The third-order valence-corrected chi connectivity index (χ3v) is 5.57. The molecule has 0 bridgehead atoms. The van der Waals surface area contributed by atoms with E-state index < -0.39 is 29.7 Å². The molecule has 2 N–H and O–H groups in total. The van der Waals surface area contributed by atoms with Gasteiger partial charge >= 0.3 is 5.97 Å². The zero-order valence-electron chi connectivity index (χ0n) is 16.9. The van der Waals surface area contributed by atoms with Crippen molar-refractivity contribution in [3.63, 3.8) is 0 Å². The molecule has 0 fully saturated rings. The van der Waals surface area contributed by atoms with Gasteiger partial charge in [0.1, 0.15) is 4.88 Å². The van der Waals surface area contributed by atoms with Gasteiger partial charge in [0.2, 0.25) is 5.91 Å². The summed E-state index contributed by atoms with van der Waals surface area (Å²) in [5.74, 6) is -3.94. The first kappa shape index (κ1) is 23.8. The Morgan fingerprint density at radius 3 is 2.33 bits per heavy atom. The fourth-order valence-electron chi connectivity index (χ4n) is 2.16. The van der Waals surface area contributed by atoms with Gasteiger partial charge in [-0.3, -0.25) is 9.59 Å². The number of alkyl halides is 2. The maximum absolute atomic E-state index is 12.3. The van der Waals surface area contributed by atoms with Crippen LogP contribution in [0.5, 0.6) is 0 Å². The predicted octanol–water partition coefficient (Wildman–Crippen LogP) is 5.15. The van der Waals surface area contributed by atoms with Crippen LogP contribution in [0.15, 0.2) is 35.2 Å². The third-order valence-electron chi connectivity index (χ3n) is 3.72. The van der Waals surface area contributed by atoms with Crippen molar-refractivity contribution in [1.29, 1.82) is 0 Å². The molecule has 2 amide bonds. The number of rotatable bonds is 7. The van der Waals surface area contributed by atoms with Crippen molar-refractivity contribution in [2.24, 2.45) is 5.41 Å². The Labute approximate surface area is 181 Å². The number of esters is 1. The van der Waals surface area contributed by atoms with Crippen molar-refractivity contribution in [3.8, 4) is 0 Å². The van der Waals surface area contributed by atoms with Crippen LogP contribution in [0.4, 0.5) is 19.5 Å². The fraction of sp³-hybridized carbons (Fsp3) is 0.350. The summed E-state index contributed by atoms with van der Waals surface area (Å²) in [4.78, 5) is 37.0. The molecule has 0 saturated heterocycles. The van der Waals surface area contributed by atoms with E-state index in [2.05, 4.69) is 10.6 Å². The summed E-state index contributed by atoms with van der Waals surface area (Å²) in [5.41, 5.74) is 0.448. The number of carbonyl (C=O) groups is 3. The molecular formula is C20H22F2N2O4S2. The van der Waals surface area contributed by atoms with E-state index in [1.54, 1.807) is 33.8 Å². The van der Waals surface area contributed by atoms with Crippen LogP contribution in [0.25, 0.3) is 0 Å². The second-order valence-corrected chi connectivity index (χ2v) is 9.47. The average Bonchev–Trinajstić information content (AvgIpc) is 3.00. The van der Waals surface area contributed by atoms with Gasteiger partial charge in [0.25, 0.3) is 11.7 Å². The van der Waals surface area contributed by atoms with Crippen molar-refractivity contribution < 1.29 is 27.9 Å². The van der Waals surface area contributed by atoms with Crippen LogP contribution in [0, 0.1) is 12.3 Å². The lowest BCUT2D eigenvalue weighted by atomic mass is 9.96. The van der Waals surface area contributed by atoms with Crippen molar-refractivity contribution in [2.75, 3.05) is 17.2 Å². The first-order valence-corrected chi connectivity index (χ1v) is 10.6. The molecule has 0 unspecified atom stereocenters. The number of benzene rings is 1. The number of amides is 2. The van der Waals surface area contributed by atoms with E-state index in [9.17, 15) is 23.2 Å². The van der Waals surface area contributed by atoms with E-state index in [0.717, 1.165) is 11.3 Å². The SMILES string of the molecule is Cc1cc(NC(=O)C(C)(C)C)sc1C(=O)OCC(=O)Nc1ccc(SC(F)F)cc1. The molecular weight excluding hydrogens is 434 g/mol. The highest BCUT2D eigenvalue weighted by Gasteiger charge is 2.23. The monoisotopic (exact) mass is 456 g/mol. The molecule has 10 heteroatoms. The number of anilines is 2. The molecule has 0 saturated carbocycles. The molecule has 0 radical (unpaired) electrons. The highest BCUT2D eigenvalue weighted by molar-refractivity contribution is 7.99. The van der Waals surface area contributed by atoms with Crippen molar-refractivity contribution in [1.82, 2.24) is 0 Å². The lowest BCUT2D eigenvalue weighted by molar-refractivity contribution is -0.123.